The molecule has 13 heteroatoms. The van der Waals surface area contributed by atoms with E-state index < -0.39 is 17.3 Å². The lowest BCUT2D eigenvalue weighted by Gasteiger charge is -2.45. The summed E-state index contributed by atoms with van der Waals surface area (Å²) in [6, 6.07) is 6.37. The molecule has 2 aromatic carbocycles. The lowest BCUT2D eigenvalue weighted by Crippen LogP contribution is -2.59. The van der Waals surface area contributed by atoms with E-state index in [1.807, 2.05) is 40.7 Å². The molecule has 1 N–H and O–H groups in total. The number of ether oxygens (including phenoxy) is 3. The normalized spacial score (nSPS) is 20.4. The van der Waals surface area contributed by atoms with Crippen molar-refractivity contribution < 1.29 is 28.2 Å². The van der Waals surface area contributed by atoms with Crippen molar-refractivity contribution in [1.29, 1.82) is 0 Å². The molecule has 2 aliphatic heterocycles. The zero-order chi connectivity index (χ0) is 32.7. The minimum absolute atomic E-state index is 0.147. The van der Waals surface area contributed by atoms with E-state index in [0.717, 1.165) is 12.1 Å². The number of anilines is 2. The first kappa shape index (κ1) is 31.5. The fourth-order valence-corrected chi connectivity index (χ4v) is 6.20. The van der Waals surface area contributed by atoms with E-state index in [9.17, 15) is 14.0 Å². The van der Waals surface area contributed by atoms with Gasteiger partial charge < -0.3 is 24.4 Å². The van der Waals surface area contributed by atoms with Crippen molar-refractivity contribution in [2.45, 2.75) is 58.7 Å². The van der Waals surface area contributed by atoms with E-state index in [2.05, 4.69) is 20.3 Å². The Balaban J connectivity index is 1.32. The number of amides is 2. The molecule has 2 fully saturated rings. The molecule has 0 spiro atoms. The highest BCUT2D eigenvalue weighted by Gasteiger charge is 2.36. The van der Waals surface area contributed by atoms with E-state index in [1.54, 1.807) is 36.5 Å². The smallest absolute Gasteiger partial charge is 0.410 e. The predicted octanol–water partition coefficient (Wildman–Crippen LogP) is 5.16. The number of aromatic nitrogens is 4. The van der Waals surface area contributed by atoms with Crippen molar-refractivity contribution in [3.63, 3.8) is 0 Å². The highest BCUT2D eigenvalue weighted by molar-refractivity contribution is 6.14. The number of hydrogen-bond donors (Lipinski definition) is 1. The van der Waals surface area contributed by atoms with Crippen LogP contribution in [-0.2, 0) is 16.5 Å². The molecule has 6 rings (SSSR count). The molecule has 0 aliphatic carbocycles. The highest BCUT2D eigenvalue weighted by Crippen LogP contribution is 2.33. The van der Waals surface area contributed by atoms with Gasteiger partial charge in [-0.1, -0.05) is 0 Å². The second-order valence-corrected chi connectivity index (χ2v) is 13.2. The standard InChI is InChI=1S/C33H40FN7O5/c1-19-14-40(15-20(2)41(19)32(43)46-33(3,4)5)27-8-7-24(29-25(27)13-35-31(37-29)45-18-21-9-10-44-17-21)30(42)36-23-11-22-16-39(6)38-28(22)26(34)12-23/h7-8,11-13,16,19-21H,9-10,14-15,17-18H2,1-6H3,(H,36,42)/t19-,20+,21?. The Kier molecular flexibility index (Phi) is 8.45. The van der Waals surface area contributed by atoms with Crippen LogP contribution in [0.2, 0.25) is 0 Å². The summed E-state index contributed by atoms with van der Waals surface area (Å²) in [7, 11) is 1.71. The van der Waals surface area contributed by atoms with Gasteiger partial charge in [0.25, 0.3) is 5.91 Å². The lowest BCUT2D eigenvalue weighted by molar-refractivity contribution is 0.00566. The van der Waals surface area contributed by atoms with Crippen LogP contribution in [0.15, 0.2) is 36.7 Å². The van der Waals surface area contributed by atoms with Gasteiger partial charge in [0.2, 0.25) is 0 Å². The van der Waals surface area contributed by atoms with Crippen LogP contribution in [0.5, 0.6) is 6.01 Å². The van der Waals surface area contributed by atoms with E-state index in [4.69, 9.17) is 19.2 Å². The predicted molar refractivity (Wildman–Crippen MR) is 172 cm³/mol. The van der Waals surface area contributed by atoms with Gasteiger partial charge in [-0.05, 0) is 65.3 Å². The first-order chi connectivity index (χ1) is 21.9. The second kappa shape index (κ2) is 12.3. The van der Waals surface area contributed by atoms with Gasteiger partial charge in [0.1, 0.15) is 11.1 Å². The number of carbonyl (C=O) groups excluding carboxylic acids is 2. The van der Waals surface area contributed by atoms with Crippen LogP contribution in [0, 0.1) is 11.7 Å². The molecule has 4 heterocycles. The van der Waals surface area contributed by atoms with Crippen LogP contribution < -0.4 is 15.0 Å². The van der Waals surface area contributed by atoms with Gasteiger partial charge >= 0.3 is 12.1 Å². The van der Waals surface area contributed by atoms with Crippen LogP contribution in [-0.4, -0.2) is 87.2 Å². The Hall–Kier alpha value is -4.52. The van der Waals surface area contributed by atoms with Crippen LogP contribution in [0.1, 0.15) is 51.4 Å². The van der Waals surface area contributed by atoms with Crippen LogP contribution in [0.4, 0.5) is 20.6 Å². The van der Waals surface area contributed by atoms with E-state index in [0.29, 0.717) is 54.9 Å². The quantitative estimate of drug-likeness (QED) is 0.307. The summed E-state index contributed by atoms with van der Waals surface area (Å²) in [5, 5.41) is 8.20. The Morgan fingerprint density at radius 2 is 1.89 bits per heavy atom. The van der Waals surface area contributed by atoms with Crippen molar-refractivity contribution in [3.05, 3.63) is 48.0 Å². The van der Waals surface area contributed by atoms with Crippen molar-refractivity contribution in [2.24, 2.45) is 13.0 Å². The van der Waals surface area contributed by atoms with Gasteiger partial charge in [-0.2, -0.15) is 10.1 Å². The third-order valence-electron chi connectivity index (χ3n) is 8.22. The Morgan fingerprint density at radius 3 is 2.59 bits per heavy atom. The van der Waals surface area contributed by atoms with Crippen molar-refractivity contribution >= 4 is 45.2 Å². The first-order valence-electron chi connectivity index (χ1n) is 15.6. The Labute approximate surface area is 266 Å². The molecule has 2 saturated heterocycles. The minimum atomic E-state index is -0.600. The maximum atomic E-state index is 14.8. The molecule has 1 unspecified atom stereocenters. The van der Waals surface area contributed by atoms with Crippen molar-refractivity contribution in [2.75, 3.05) is 43.1 Å². The molecule has 46 heavy (non-hydrogen) atoms. The van der Waals surface area contributed by atoms with Crippen molar-refractivity contribution in [3.8, 4) is 6.01 Å². The topological polar surface area (TPSA) is 124 Å². The van der Waals surface area contributed by atoms with E-state index in [1.165, 1.54) is 10.7 Å². The number of halogens is 1. The molecular formula is C33H40FN7O5. The summed E-state index contributed by atoms with van der Waals surface area (Å²) in [5.74, 6) is -0.740. The Morgan fingerprint density at radius 1 is 1.13 bits per heavy atom. The molecule has 0 radical (unpaired) electrons. The molecule has 2 aliphatic rings. The molecule has 0 saturated carbocycles. The van der Waals surface area contributed by atoms with Gasteiger partial charge in [0.15, 0.2) is 5.82 Å². The van der Waals surface area contributed by atoms with Crippen molar-refractivity contribution in [1.82, 2.24) is 24.6 Å². The lowest BCUT2D eigenvalue weighted by atomic mass is 10.0. The van der Waals surface area contributed by atoms with Gasteiger partial charge in [-0.3, -0.25) is 14.4 Å². The molecule has 4 aromatic rings. The van der Waals surface area contributed by atoms with Gasteiger partial charge in [-0.25, -0.2) is 14.2 Å². The molecule has 244 valence electrons. The maximum absolute atomic E-state index is 14.8. The summed E-state index contributed by atoms with van der Waals surface area (Å²) >= 11 is 0. The summed E-state index contributed by atoms with van der Waals surface area (Å²) in [4.78, 5) is 39.9. The molecule has 0 bridgehead atoms. The number of rotatable bonds is 6. The monoisotopic (exact) mass is 633 g/mol. The third-order valence-corrected chi connectivity index (χ3v) is 8.22. The zero-order valence-corrected chi connectivity index (χ0v) is 27.0. The first-order valence-corrected chi connectivity index (χ1v) is 15.6. The summed E-state index contributed by atoms with van der Waals surface area (Å²) in [5.41, 5.74) is 1.45. The SMILES string of the molecule is C[C@@H]1CN(c2ccc(C(=O)Nc3cc(F)c4nn(C)cc4c3)c3nc(OCC4CCOC4)ncc23)C[C@H](C)N1C(=O)OC(C)(C)C. The molecular weight excluding hydrogens is 593 g/mol. The van der Waals surface area contributed by atoms with Crippen LogP contribution >= 0.6 is 0 Å². The number of nitrogens with one attached hydrogen (secondary N) is 1. The second-order valence-electron chi connectivity index (χ2n) is 13.2. The van der Waals surface area contributed by atoms with E-state index in [-0.39, 0.29) is 41.2 Å². The summed E-state index contributed by atoms with van der Waals surface area (Å²) < 4.78 is 33.4. The zero-order valence-electron chi connectivity index (χ0n) is 27.0. The number of nitrogens with zero attached hydrogens (tertiary/aromatic N) is 6. The maximum Gasteiger partial charge on any atom is 0.410 e. The number of fused-ring (bicyclic) bond motifs is 2. The Bertz CT molecular complexity index is 1770. The third kappa shape index (κ3) is 6.55. The minimum Gasteiger partial charge on any atom is -0.463 e. The molecule has 2 amide bonds. The molecule has 2 aromatic heterocycles. The van der Waals surface area contributed by atoms with Gasteiger partial charge in [0.05, 0.1) is 36.4 Å². The van der Waals surface area contributed by atoms with Gasteiger partial charge in [0, 0.05) is 67.2 Å². The highest BCUT2D eigenvalue weighted by atomic mass is 19.1. The van der Waals surface area contributed by atoms with Crippen LogP contribution in [0.25, 0.3) is 21.8 Å². The number of aryl methyl sites for hydroxylation is 1. The molecule has 12 nitrogen and oxygen atoms in total. The average Bonchev–Trinajstić information content (AvgIpc) is 3.63. The molecule has 3 atom stereocenters. The fraction of sp³-hybridized carbons (Fsp3) is 0.485. The van der Waals surface area contributed by atoms with Gasteiger partial charge in [-0.15, -0.1) is 0 Å². The summed E-state index contributed by atoms with van der Waals surface area (Å²) in [6.45, 7) is 12.3. The van der Waals surface area contributed by atoms with E-state index >= 15 is 0 Å². The number of hydrogen-bond acceptors (Lipinski definition) is 9. The number of carbonyl (C=O) groups is 2. The largest absolute Gasteiger partial charge is 0.463 e. The number of piperazine rings is 1. The number of benzene rings is 2. The summed E-state index contributed by atoms with van der Waals surface area (Å²) in [6.07, 6.45) is 3.91. The fourth-order valence-electron chi connectivity index (χ4n) is 6.20. The average molecular weight is 634 g/mol. The van der Waals surface area contributed by atoms with Crippen LogP contribution in [0.3, 0.4) is 0 Å².